The van der Waals surface area contributed by atoms with Gasteiger partial charge in [-0.15, -0.1) is 0 Å². The Morgan fingerprint density at radius 1 is 1.56 bits per heavy atom. The lowest BCUT2D eigenvalue weighted by Crippen LogP contribution is -2.18. The molecule has 1 fully saturated rings. The summed E-state index contributed by atoms with van der Waals surface area (Å²) < 4.78 is 12.3. The van der Waals surface area contributed by atoms with Gasteiger partial charge >= 0.3 is 0 Å². The Hall–Kier alpha value is -0.580. The molecule has 1 N–H and O–H groups in total. The number of ether oxygens (including phenoxy) is 2. The van der Waals surface area contributed by atoms with E-state index in [-0.39, 0.29) is 6.10 Å². The third-order valence-corrected chi connectivity index (χ3v) is 3.83. The van der Waals surface area contributed by atoms with E-state index in [0.717, 1.165) is 29.8 Å². The quantitative estimate of drug-likeness (QED) is 0.905. The molecule has 1 aliphatic heterocycles. The van der Waals surface area contributed by atoms with Crippen molar-refractivity contribution in [3.8, 4) is 5.75 Å². The summed E-state index contributed by atoms with van der Waals surface area (Å²) in [5, 5.41) is 3.40. The first-order valence-electron chi connectivity index (χ1n) is 6.48. The molecule has 2 rings (SSSR count). The predicted molar refractivity (Wildman–Crippen MR) is 76.1 cm³/mol. The summed E-state index contributed by atoms with van der Waals surface area (Å²) in [6.45, 7) is 6.75. The van der Waals surface area contributed by atoms with Gasteiger partial charge < -0.3 is 14.8 Å². The third-order valence-electron chi connectivity index (χ3n) is 3.14. The highest BCUT2D eigenvalue weighted by atomic mass is 79.9. The van der Waals surface area contributed by atoms with Crippen LogP contribution in [0.15, 0.2) is 22.7 Å². The Morgan fingerprint density at radius 3 is 3.00 bits per heavy atom. The average Bonchev–Trinajstić information content (AvgIpc) is 2.82. The van der Waals surface area contributed by atoms with Crippen LogP contribution in [0.4, 0.5) is 0 Å². The van der Waals surface area contributed by atoms with E-state index in [1.165, 1.54) is 5.56 Å². The Bertz CT molecular complexity index is 391. The van der Waals surface area contributed by atoms with Crippen LogP contribution in [-0.2, 0) is 4.74 Å². The van der Waals surface area contributed by atoms with Gasteiger partial charge in [-0.1, -0.05) is 28.9 Å². The van der Waals surface area contributed by atoms with Crippen LogP contribution in [0.2, 0.25) is 0 Å². The second kappa shape index (κ2) is 6.55. The van der Waals surface area contributed by atoms with E-state index in [4.69, 9.17) is 9.47 Å². The van der Waals surface area contributed by atoms with Crippen molar-refractivity contribution >= 4 is 15.9 Å². The average molecular weight is 314 g/mol. The standard InChI is InChI=1S/C14H20BrNO2/c1-3-16-10(2)13-5-4-11(8-14(13)15)18-12-6-7-17-9-12/h4-5,8,10,12,16H,3,6-7,9H2,1-2H3. The predicted octanol–water partition coefficient (Wildman–Crippen LogP) is 3.29. The number of hydrogen-bond donors (Lipinski definition) is 1. The number of rotatable bonds is 5. The van der Waals surface area contributed by atoms with Gasteiger partial charge in [-0.05, 0) is 31.2 Å². The van der Waals surface area contributed by atoms with E-state index in [2.05, 4.69) is 41.2 Å². The molecule has 0 amide bonds. The largest absolute Gasteiger partial charge is 0.488 e. The topological polar surface area (TPSA) is 30.5 Å². The van der Waals surface area contributed by atoms with Crippen molar-refractivity contribution in [3.05, 3.63) is 28.2 Å². The summed E-state index contributed by atoms with van der Waals surface area (Å²) in [6.07, 6.45) is 1.18. The smallest absolute Gasteiger partial charge is 0.124 e. The molecular formula is C14H20BrNO2. The molecule has 1 saturated heterocycles. The van der Waals surface area contributed by atoms with Gasteiger partial charge in [-0.2, -0.15) is 0 Å². The first-order valence-corrected chi connectivity index (χ1v) is 7.27. The van der Waals surface area contributed by atoms with E-state index in [1.54, 1.807) is 0 Å². The number of hydrogen-bond acceptors (Lipinski definition) is 3. The lowest BCUT2D eigenvalue weighted by atomic mass is 10.1. The molecule has 1 aromatic rings. The van der Waals surface area contributed by atoms with Crippen molar-refractivity contribution in [2.24, 2.45) is 0 Å². The SMILES string of the molecule is CCNC(C)c1ccc(OC2CCOC2)cc1Br. The molecule has 2 atom stereocenters. The first-order chi connectivity index (χ1) is 8.70. The van der Waals surface area contributed by atoms with Crippen molar-refractivity contribution in [1.82, 2.24) is 5.32 Å². The normalized spacial score (nSPS) is 20.9. The summed E-state index contributed by atoms with van der Waals surface area (Å²) in [4.78, 5) is 0. The summed E-state index contributed by atoms with van der Waals surface area (Å²) in [7, 11) is 0. The van der Waals surface area contributed by atoms with Crippen LogP contribution in [0.25, 0.3) is 0 Å². The van der Waals surface area contributed by atoms with Gasteiger partial charge in [-0.3, -0.25) is 0 Å². The van der Waals surface area contributed by atoms with Gasteiger partial charge in [0.2, 0.25) is 0 Å². The zero-order valence-electron chi connectivity index (χ0n) is 10.9. The molecule has 0 bridgehead atoms. The fraction of sp³-hybridized carbons (Fsp3) is 0.571. The fourth-order valence-electron chi connectivity index (χ4n) is 2.15. The van der Waals surface area contributed by atoms with Gasteiger partial charge in [0.25, 0.3) is 0 Å². The summed E-state index contributed by atoms with van der Waals surface area (Å²) in [5.74, 6) is 0.907. The molecule has 4 heteroatoms. The molecular weight excluding hydrogens is 294 g/mol. The van der Waals surface area contributed by atoms with Gasteiger partial charge in [0.15, 0.2) is 0 Å². The van der Waals surface area contributed by atoms with Crippen LogP contribution < -0.4 is 10.1 Å². The Kier molecular flexibility index (Phi) is 5.03. The molecule has 0 saturated carbocycles. The van der Waals surface area contributed by atoms with E-state index in [9.17, 15) is 0 Å². The monoisotopic (exact) mass is 313 g/mol. The molecule has 3 nitrogen and oxygen atoms in total. The maximum Gasteiger partial charge on any atom is 0.124 e. The van der Waals surface area contributed by atoms with Crippen LogP contribution in [0.3, 0.4) is 0 Å². The molecule has 0 aliphatic carbocycles. The van der Waals surface area contributed by atoms with Gasteiger partial charge in [-0.25, -0.2) is 0 Å². The maximum atomic E-state index is 5.88. The minimum Gasteiger partial charge on any atom is -0.488 e. The highest BCUT2D eigenvalue weighted by Crippen LogP contribution is 2.28. The second-order valence-corrected chi connectivity index (χ2v) is 5.42. The number of nitrogens with one attached hydrogen (secondary N) is 1. The first kappa shape index (κ1) is 13.8. The fourth-order valence-corrected chi connectivity index (χ4v) is 2.85. The van der Waals surface area contributed by atoms with Crippen molar-refractivity contribution in [1.29, 1.82) is 0 Å². The van der Waals surface area contributed by atoms with Crippen molar-refractivity contribution < 1.29 is 9.47 Å². The number of halogens is 1. The minimum absolute atomic E-state index is 0.203. The van der Waals surface area contributed by atoms with Crippen LogP contribution in [-0.4, -0.2) is 25.9 Å². The van der Waals surface area contributed by atoms with Crippen LogP contribution in [0.5, 0.6) is 5.75 Å². The van der Waals surface area contributed by atoms with E-state index < -0.39 is 0 Å². The summed E-state index contributed by atoms with van der Waals surface area (Å²) in [6, 6.07) is 6.53. The Balaban J connectivity index is 2.04. The van der Waals surface area contributed by atoms with Crippen LogP contribution in [0.1, 0.15) is 31.9 Å². The molecule has 1 aromatic carbocycles. The van der Waals surface area contributed by atoms with E-state index in [0.29, 0.717) is 12.6 Å². The van der Waals surface area contributed by atoms with Gasteiger partial charge in [0.1, 0.15) is 11.9 Å². The highest BCUT2D eigenvalue weighted by Gasteiger charge is 2.18. The molecule has 0 spiro atoms. The molecule has 1 aliphatic rings. The lowest BCUT2D eigenvalue weighted by molar-refractivity contribution is 0.141. The Morgan fingerprint density at radius 2 is 2.39 bits per heavy atom. The van der Waals surface area contributed by atoms with Crippen molar-refractivity contribution in [3.63, 3.8) is 0 Å². The minimum atomic E-state index is 0.203. The number of benzene rings is 1. The van der Waals surface area contributed by atoms with Crippen LogP contribution in [0, 0.1) is 0 Å². The van der Waals surface area contributed by atoms with Crippen molar-refractivity contribution in [2.75, 3.05) is 19.8 Å². The molecule has 18 heavy (non-hydrogen) atoms. The maximum absolute atomic E-state index is 5.88. The lowest BCUT2D eigenvalue weighted by Gasteiger charge is -2.17. The molecule has 100 valence electrons. The molecule has 2 unspecified atom stereocenters. The zero-order valence-corrected chi connectivity index (χ0v) is 12.5. The van der Waals surface area contributed by atoms with Gasteiger partial charge in [0, 0.05) is 16.9 Å². The zero-order chi connectivity index (χ0) is 13.0. The third kappa shape index (κ3) is 3.46. The van der Waals surface area contributed by atoms with Gasteiger partial charge in [0.05, 0.1) is 13.2 Å². The highest BCUT2D eigenvalue weighted by molar-refractivity contribution is 9.10. The van der Waals surface area contributed by atoms with E-state index >= 15 is 0 Å². The second-order valence-electron chi connectivity index (χ2n) is 4.57. The summed E-state index contributed by atoms with van der Waals surface area (Å²) in [5.41, 5.74) is 1.26. The van der Waals surface area contributed by atoms with E-state index in [1.807, 2.05) is 12.1 Å². The van der Waals surface area contributed by atoms with Crippen molar-refractivity contribution in [2.45, 2.75) is 32.4 Å². The molecule has 0 aromatic heterocycles. The Labute approximate surface area is 117 Å². The van der Waals surface area contributed by atoms with Crippen LogP contribution >= 0.6 is 15.9 Å². The summed E-state index contributed by atoms with van der Waals surface area (Å²) >= 11 is 3.62. The molecule has 1 heterocycles. The molecule has 0 radical (unpaired) electrons.